The Kier molecular flexibility index (Phi) is 6.01. The van der Waals surface area contributed by atoms with Crippen LogP contribution in [0.4, 0.5) is 0 Å². The minimum absolute atomic E-state index is 0.133. The van der Waals surface area contributed by atoms with Gasteiger partial charge in [-0.25, -0.2) is 0 Å². The predicted octanol–water partition coefficient (Wildman–Crippen LogP) is 3.00. The number of likely N-dealkylation sites (tertiary alicyclic amines) is 1. The van der Waals surface area contributed by atoms with E-state index in [1.54, 1.807) is 6.20 Å². The lowest BCUT2D eigenvalue weighted by Crippen LogP contribution is -2.38. The molecule has 6 heteroatoms. The van der Waals surface area contributed by atoms with Crippen molar-refractivity contribution in [2.45, 2.75) is 25.4 Å². The van der Waals surface area contributed by atoms with Crippen LogP contribution < -0.4 is 0 Å². The molecule has 1 aromatic heterocycles. The van der Waals surface area contributed by atoms with E-state index in [2.05, 4.69) is 15.0 Å². The zero-order chi connectivity index (χ0) is 16.8. The van der Waals surface area contributed by atoms with Crippen LogP contribution >= 0.6 is 11.6 Å². The summed E-state index contributed by atoms with van der Waals surface area (Å²) in [6.45, 7) is 2.84. The highest BCUT2D eigenvalue weighted by molar-refractivity contribution is 6.69. The number of fused-ring (bicyclic) bond motifs is 1. The van der Waals surface area contributed by atoms with Gasteiger partial charge in [0.15, 0.2) is 5.17 Å². The van der Waals surface area contributed by atoms with E-state index in [4.69, 9.17) is 16.4 Å². The SMILES string of the molecule is OC(CON=C(Cl)c1cnc2ccccc2c1)CN1CCCCC1. The van der Waals surface area contributed by atoms with Crippen LogP contribution in [-0.4, -0.2) is 52.5 Å². The molecule has 1 atom stereocenters. The average molecular weight is 348 g/mol. The number of aromatic nitrogens is 1. The molecular formula is C18H22ClN3O2. The van der Waals surface area contributed by atoms with Crippen molar-refractivity contribution < 1.29 is 9.94 Å². The fourth-order valence-electron chi connectivity index (χ4n) is 2.91. The lowest BCUT2D eigenvalue weighted by atomic mass is 10.1. The fraction of sp³-hybridized carbons (Fsp3) is 0.444. The molecule has 2 aromatic rings. The Bertz CT molecular complexity index is 701. The maximum Gasteiger partial charge on any atom is 0.177 e. The monoisotopic (exact) mass is 347 g/mol. The van der Waals surface area contributed by atoms with E-state index in [0.29, 0.717) is 12.1 Å². The van der Waals surface area contributed by atoms with Crippen molar-refractivity contribution in [3.05, 3.63) is 42.1 Å². The first kappa shape index (κ1) is 17.1. The molecule has 1 N–H and O–H groups in total. The molecule has 1 unspecified atom stereocenters. The van der Waals surface area contributed by atoms with E-state index in [9.17, 15) is 5.11 Å². The minimum atomic E-state index is -0.564. The van der Waals surface area contributed by atoms with Gasteiger partial charge < -0.3 is 14.8 Å². The second-order valence-electron chi connectivity index (χ2n) is 6.11. The molecular weight excluding hydrogens is 326 g/mol. The van der Waals surface area contributed by atoms with Crippen LogP contribution in [0.3, 0.4) is 0 Å². The second kappa shape index (κ2) is 8.42. The summed E-state index contributed by atoms with van der Waals surface area (Å²) in [4.78, 5) is 11.8. The molecule has 0 spiro atoms. The Labute approximate surface area is 146 Å². The number of pyridine rings is 1. The highest BCUT2D eigenvalue weighted by Crippen LogP contribution is 2.15. The van der Waals surface area contributed by atoms with Crippen molar-refractivity contribution in [3.63, 3.8) is 0 Å². The number of halogens is 1. The van der Waals surface area contributed by atoms with Crippen molar-refractivity contribution >= 4 is 27.7 Å². The van der Waals surface area contributed by atoms with Gasteiger partial charge in [-0.3, -0.25) is 4.98 Å². The van der Waals surface area contributed by atoms with Crippen molar-refractivity contribution in [1.82, 2.24) is 9.88 Å². The van der Waals surface area contributed by atoms with Crippen LogP contribution in [0.25, 0.3) is 10.9 Å². The molecule has 0 amide bonds. The number of piperidine rings is 1. The number of aliphatic hydroxyl groups is 1. The third-order valence-corrected chi connectivity index (χ3v) is 4.45. The van der Waals surface area contributed by atoms with Crippen molar-refractivity contribution in [2.24, 2.45) is 5.16 Å². The van der Waals surface area contributed by atoms with Crippen LogP contribution in [0, 0.1) is 0 Å². The van der Waals surface area contributed by atoms with Gasteiger partial charge in [0.05, 0.1) is 5.52 Å². The zero-order valence-corrected chi connectivity index (χ0v) is 14.3. The second-order valence-corrected chi connectivity index (χ2v) is 6.47. The molecule has 0 aliphatic carbocycles. The summed E-state index contributed by atoms with van der Waals surface area (Å²) in [6.07, 6.45) is 4.79. The van der Waals surface area contributed by atoms with E-state index in [-0.39, 0.29) is 11.8 Å². The molecule has 128 valence electrons. The van der Waals surface area contributed by atoms with E-state index < -0.39 is 6.10 Å². The molecule has 0 bridgehead atoms. The van der Waals surface area contributed by atoms with Gasteiger partial charge in [0.1, 0.15) is 12.7 Å². The third-order valence-electron chi connectivity index (χ3n) is 4.16. The van der Waals surface area contributed by atoms with Gasteiger partial charge in [0.25, 0.3) is 0 Å². The maximum absolute atomic E-state index is 10.0. The van der Waals surface area contributed by atoms with Gasteiger partial charge in [-0.15, -0.1) is 0 Å². The van der Waals surface area contributed by atoms with E-state index >= 15 is 0 Å². The smallest absolute Gasteiger partial charge is 0.177 e. The number of β-amino-alcohol motifs (C(OH)–C–C–N with tert-alkyl or cyclic N) is 1. The van der Waals surface area contributed by atoms with Crippen LogP contribution in [0.2, 0.25) is 0 Å². The minimum Gasteiger partial charge on any atom is -0.392 e. The first-order valence-corrected chi connectivity index (χ1v) is 8.71. The van der Waals surface area contributed by atoms with E-state index in [1.807, 2.05) is 30.3 Å². The summed E-state index contributed by atoms with van der Waals surface area (Å²) < 4.78 is 0. The Morgan fingerprint density at radius 1 is 1.29 bits per heavy atom. The summed E-state index contributed by atoms with van der Waals surface area (Å²) in [5, 5.41) is 15.2. The molecule has 0 saturated carbocycles. The Balaban J connectivity index is 1.53. The Hall–Kier alpha value is -1.69. The summed E-state index contributed by atoms with van der Waals surface area (Å²) in [5.74, 6) is 0. The number of nitrogens with zero attached hydrogens (tertiary/aromatic N) is 3. The molecule has 1 aliphatic rings. The third kappa shape index (κ3) is 4.66. The number of para-hydroxylation sites is 1. The number of hydrogen-bond donors (Lipinski definition) is 1. The number of oxime groups is 1. The largest absolute Gasteiger partial charge is 0.392 e. The summed E-state index contributed by atoms with van der Waals surface area (Å²) >= 11 is 6.17. The molecule has 1 aromatic carbocycles. The summed E-state index contributed by atoms with van der Waals surface area (Å²) in [6, 6.07) is 9.72. The quantitative estimate of drug-likeness (QED) is 0.644. The van der Waals surface area contributed by atoms with Crippen molar-refractivity contribution in [2.75, 3.05) is 26.2 Å². The average Bonchev–Trinajstić information content (AvgIpc) is 2.62. The van der Waals surface area contributed by atoms with Gasteiger partial charge in [-0.1, -0.05) is 41.4 Å². The molecule has 2 heterocycles. The van der Waals surface area contributed by atoms with Crippen LogP contribution in [-0.2, 0) is 4.84 Å². The predicted molar refractivity (Wildman–Crippen MR) is 96.4 cm³/mol. The molecule has 1 fully saturated rings. The van der Waals surface area contributed by atoms with Crippen LogP contribution in [0.1, 0.15) is 24.8 Å². The van der Waals surface area contributed by atoms with Gasteiger partial charge in [-0.05, 0) is 38.1 Å². The Morgan fingerprint density at radius 2 is 2.08 bits per heavy atom. The van der Waals surface area contributed by atoms with Gasteiger partial charge >= 0.3 is 0 Å². The number of aliphatic hydroxyl groups excluding tert-OH is 1. The molecule has 1 aliphatic heterocycles. The molecule has 0 radical (unpaired) electrons. The van der Waals surface area contributed by atoms with Crippen molar-refractivity contribution in [1.29, 1.82) is 0 Å². The fourth-order valence-corrected chi connectivity index (χ4v) is 3.06. The molecule has 3 rings (SSSR count). The Morgan fingerprint density at radius 3 is 2.92 bits per heavy atom. The molecule has 5 nitrogen and oxygen atoms in total. The standard InChI is InChI=1S/C18H22ClN3O2/c19-18(15-10-14-6-2-3-7-17(14)20-11-15)21-24-13-16(23)12-22-8-4-1-5-9-22/h2-3,6-7,10-11,16,23H,1,4-5,8-9,12-13H2. The zero-order valence-electron chi connectivity index (χ0n) is 13.6. The first-order chi connectivity index (χ1) is 11.7. The maximum atomic E-state index is 10.0. The number of benzene rings is 1. The molecule has 24 heavy (non-hydrogen) atoms. The van der Waals surface area contributed by atoms with Crippen LogP contribution in [0.5, 0.6) is 0 Å². The van der Waals surface area contributed by atoms with E-state index in [0.717, 1.165) is 24.0 Å². The van der Waals surface area contributed by atoms with Crippen LogP contribution in [0.15, 0.2) is 41.7 Å². The van der Waals surface area contributed by atoms with Crippen molar-refractivity contribution in [3.8, 4) is 0 Å². The van der Waals surface area contributed by atoms with E-state index in [1.165, 1.54) is 19.3 Å². The van der Waals surface area contributed by atoms with Gasteiger partial charge in [-0.2, -0.15) is 0 Å². The lowest BCUT2D eigenvalue weighted by molar-refractivity contribution is 0.0161. The topological polar surface area (TPSA) is 58.0 Å². The summed E-state index contributed by atoms with van der Waals surface area (Å²) in [5.41, 5.74) is 1.60. The first-order valence-electron chi connectivity index (χ1n) is 8.33. The number of rotatable bonds is 6. The summed E-state index contributed by atoms with van der Waals surface area (Å²) in [7, 11) is 0. The molecule has 1 saturated heterocycles. The van der Waals surface area contributed by atoms with Gasteiger partial charge in [0, 0.05) is 23.7 Å². The number of hydrogen-bond acceptors (Lipinski definition) is 5. The highest BCUT2D eigenvalue weighted by Gasteiger charge is 2.15. The highest BCUT2D eigenvalue weighted by atomic mass is 35.5. The van der Waals surface area contributed by atoms with Gasteiger partial charge in [0.2, 0.25) is 0 Å². The lowest BCUT2D eigenvalue weighted by Gasteiger charge is -2.27. The normalized spacial score (nSPS) is 17.8.